The molecule has 0 saturated heterocycles. The van der Waals surface area contributed by atoms with Crippen LogP contribution in [0.15, 0.2) is 65.8 Å². The summed E-state index contributed by atoms with van der Waals surface area (Å²) in [5, 5.41) is 7.41. The molecule has 4 heteroatoms. The molecule has 1 N–H and O–H groups in total. The van der Waals surface area contributed by atoms with Crippen LogP contribution in [0.2, 0.25) is 5.02 Å². The molecule has 0 amide bonds. The molecule has 0 spiro atoms. The van der Waals surface area contributed by atoms with E-state index in [-0.39, 0.29) is 0 Å². The Morgan fingerprint density at radius 2 is 1.78 bits per heavy atom. The molecule has 3 nitrogen and oxygen atoms in total. The maximum absolute atomic E-state index is 5.97. The van der Waals surface area contributed by atoms with Crippen molar-refractivity contribution in [3.8, 4) is 5.75 Å². The predicted molar refractivity (Wildman–Crippen MR) is 97.8 cm³/mol. The first kappa shape index (κ1) is 15.4. The summed E-state index contributed by atoms with van der Waals surface area (Å²) in [5.41, 5.74) is 5.87. The van der Waals surface area contributed by atoms with E-state index in [4.69, 9.17) is 16.3 Å². The molecule has 3 aromatic rings. The molecule has 0 saturated carbocycles. The lowest BCUT2D eigenvalue weighted by Crippen LogP contribution is -1.99. The Hall–Kier alpha value is -2.52. The van der Waals surface area contributed by atoms with E-state index in [1.165, 1.54) is 0 Å². The van der Waals surface area contributed by atoms with E-state index in [0.29, 0.717) is 5.02 Å². The van der Waals surface area contributed by atoms with Gasteiger partial charge < -0.3 is 4.74 Å². The molecule has 0 aliphatic heterocycles. The summed E-state index contributed by atoms with van der Waals surface area (Å²) in [7, 11) is 1.67. The molecule has 3 rings (SSSR count). The zero-order chi connectivity index (χ0) is 16.2. The summed E-state index contributed by atoms with van der Waals surface area (Å²) < 4.78 is 5.25. The zero-order valence-corrected chi connectivity index (χ0v) is 13.8. The normalized spacial score (nSPS) is 11.5. The minimum atomic E-state index is 0.683. The monoisotopic (exact) mass is 324 g/mol. The van der Waals surface area contributed by atoms with Crippen molar-refractivity contribution < 1.29 is 4.74 Å². The molecule has 0 radical (unpaired) electrons. The van der Waals surface area contributed by atoms with Gasteiger partial charge in [-0.15, -0.1) is 0 Å². The second-order valence-electron chi connectivity index (χ2n) is 5.25. The van der Waals surface area contributed by atoms with Gasteiger partial charge in [0.25, 0.3) is 0 Å². The van der Waals surface area contributed by atoms with Gasteiger partial charge in [0.2, 0.25) is 0 Å². The molecule has 0 fully saturated rings. The Kier molecular flexibility index (Phi) is 4.49. The van der Waals surface area contributed by atoms with Gasteiger partial charge >= 0.3 is 0 Å². The van der Waals surface area contributed by atoms with Gasteiger partial charge in [-0.25, -0.2) is 0 Å². The van der Waals surface area contributed by atoms with Crippen LogP contribution in [-0.4, -0.2) is 12.8 Å². The van der Waals surface area contributed by atoms with Crippen molar-refractivity contribution in [1.29, 1.82) is 0 Å². The fourth-order valence-corrected chi connectivity index (χ4v) is 2.54. The van der Waals surface area contributed by atoms with Gasteiger partial charge in [0, 0.05) is 5.02 Å². The Bertz CT molecular complexity index is 874. The van der Waals surface area contributed by atoms with Crippen molar-refractivity contribution in [3.63, 3.8) is 0 Å². The van der Waals surface area contributed by atoms with Gasteiger partial charge in [-0.1, -0.05) is 35.9 Å². The predicted octanol–water partition coefficient (Wildman–Crippen LogP) is 5.34. The Labute approximate surface area is 140 Å². The highest BCUT2D eigenvalue weighted by atomic mass is 35.5. The van der Waals surface area contributed by atoms with Crippen molar-refractivity contribution in [2.24, 2.45) is 5.10 Å². The van der Waals surface area contributed by atoms with Crippen molar-refractivity contribution >= 4 is 33.8 Å². The van der Waals surface area contributed by atoms with Crippen LogP contribution in [0.5, 0.6) is 5.75 Å². The van der Waals surface area contributed by atoms with Crippen LogP contribution in [0.1, 0.15) is 12.5 Å². The number of fused-ring (bicyclic) bond motifs is 1. The minimum Gasteiger partial charge on any atom is -0.497 e. The number of hydrogen-bond acceptors (Lipinski definition) is 3. The molecule has 23 heavy (non-hydrogen) atoms. The van der Waals surface area contributed by atoms with Crippen molar-refractivity contribution in [1.82, 2.24) is 0 Å². The zero-order valence-electron chi connectivity index (χ0n) is 13.0. The average molecular weight is 325 g/mol. The number of anilines is 1. The summed E-state index contributed by atoms with van der Waals surface area (Å²) >= 11 is 5.97. The van der Waals surface area contributed by atoms with Gasteiger partial charge in [0.1, 0.15) is 5.75 Å². The largest absolute Gasteiger partial charge is 0.497 e. The van der Waals surface area contributed by atoms with Gasteiger partial charge in [0.15, 0.2) is 0 Å². The van der Waals surface area contributed by atoms with E-state index < -0.39 is 0 Å². The topological polar surface area (TPSA) is 33.6 Å². The number of nitrogens with one attached hydrogen (secondary N) is 1. The quantitative estimate of drug-likeness (QED) is 0.519. The van der Waals surface area contributed by atoms with Crippen LogP contribution in [0.25, 0.3) is 10.8 Å². The number of benzene rings is 3. The SMILES string of the molecule is COc1ccc2cc(/C(C)=N/Nc3cccc(Cl)c3)ccc2c1. The van der Waals surface area contributed by atoms with Crippen LogP contribution in [0.4, 0.5) is 5.69 Å². The van der Waals surface area contributed by atoms with E-state index in [1.807, 2.05) is 43.3 Å². The number of halogens is 1. The fourth-order valence-electron chi connectivity index (χ4n) is 2.35. The van der Waals surface area contributed by atoms with Crippen molar-refractivity contribution in [2.75, 3.05) is 12.5 Å². The fraction of sp³-hybridized carbons (Fsp3) is 0.105. The number of rotatable bonds is 4. The molecule has 3 aromatic carbocycles. The number of nitrogens with zero attached hydrogens (tertiary/aromatic N) is 1. The first-order valence-corrected chi connectivity index (χ1v) is 7.67. The lowest BCUT2D eigenvalue weighted by atomic mass is 10.0. The third-order valence-electron chi connectivity index (χ3n) is 3.64. The van der Waals surface area contributed by atoms with E-state index in [1.54, 1.807) is 7.11 Å². The molecule has 0 bridgehead atoms. The van der Waals surface area contributed by atoms with Crippen molar-refractivity contribution in [3.05, 3.63) is 71.2 Å². The second kappa shape index (κ2) is 6.71. The smallest absolute Gasteiger partial charge is 0.119 e. The molecule has 0 heterocycles. The van der Waals surface area contributed by atoms with E-state index in [2.05, 4.69) is 34.8 Å². The Morgan fingerprint density at radius 1 is 1.00 bits per heavy atom. The van der Waals surface area contributed by atoms with Crippen LogP contribution in [0.3, 0.4) is 0 Å². The third kappa shape index (κ3) is 3.63. The van der Waals surface area contributed by atoms with Crippen LogP contribution in [0, 0.1) is 0 Å². The lowest BCUT2D eigenvalue weighted by Gasteiger charge is -2.07. The van der Waals surface area contributed by atoms with Gasteiger partial charge in [-0.05, 0) is 59.7 Å². The highest BCUT2D eigenvalue weighted by Crippen LogP contribution is 2.22. The van der Waals surface area contributed by atoms with Gasteiger partial charge in [-0.2, -0.15) is 5.10 Å². The van der Waals surface area contributed by atoms with Crippen LogP contribution < -0.4 is 10.2 Å². The summed E-state index contributed by atoms with van der Waals surface area (Å²) in [6.07, 6.45) is 0. The molecule has 116 valence electrons. The average Bonchev–Trinajstić information content (AvgIpc) is 2.58. The maximum atomic E-state index is 5.97. The Balaban J connectivity index is 1.85. The second-order valence-corrected chi connectivity index (χ2v) is 5.68. The van der Waals surface area contributed by atoms with Crippen LogP contribution in [-0.2, 0) is 0 Å². The Morgan fingerprint density at radius 3 is 2.57 bits per heavy atom. The lowest BCUT2D eigenvalue weighted by molar-refractivity contribution is 0.415. The van der Waals surface area contributed by atoms with Gasteiger partial charge in [-0.3, -0.25) is 5.43 Å². The summed E-state index contributed by atoms with van der Waals surface area (Å²) in [4.78, 5) is 0. The molecular formula is C19H17ClN2O. The minimum absolute atomic E-state index is 0.683. The summed E-state index contributed by atoms with van der Waals surface area (Å²) in [6.45, 7) is 1.97. The third-order valence-corrected chi connectivity index (χ3v) is 3.88. The van der Waals surface area contributed by atoms with E-state index in [0.717, 1.165) is 33.5 Å². The first-order valence-electron chi connectivity index (χ1n) is 7.30. The summed E-state index contributed by atoms with van der Waals surface area (Å²) in [6, 6.07) is 19.8. The molecule has 0 aliphatic rings. The molecule has 0 aliphatic carbocycles. The maximum Gasteiger partial charge on any atom is 0.119 e. The number of methoxy groups -OCH3 is 1. The molecule has 0 aromatic heterocycles. The van der Waals surface area contributed by atoms with Crippen molar-refractivity contribution in [2.45, 2.75) is 6.92 Å². The molecule has 0 unspecified atom stereocenters. The van der Waals surface area contributed by atoms with E-state index >= 15 is 0 Å². The number of hydrazone groups is 1. The van der Waals surface area contributed by atoms with Crippen LogP contribution >= 0.6 is 11.6 Å². The standard InChI is InChI=1S/C19H17ClN2O/c1-13(21-22-18-5-3-4-17(20)12-18)14-6-7-16-11-19(23-2)9-8-15(16)10-14/h3-12,22H,1-2H3/b21-13+. The number of hydrogen-bond donors (Lipinski definition) is 1. The molecular weight excluding hydrogens is 308 g/mol. The summed E-state index contributed by atoms with van der Waals surface area (Å²) in [5.74, 6) is 0.860. The highest BCUT2D eigenvalue weighted by Gasteiger charge is 2.02. The molecule has 0 atom stereocenters. The highest BCUT2D eigenvalue weighted by molar-refractivity contribution is 6.30. The first-order chi connectivity index (χ1) is 11.2. The number of ether oxygens (including phenoxy) is 1. The van der Waals surface area contributed by atoms with Gasteiger partial charge in [0.05, 0.1) is 18.5 Å². The van der Waals surface area contributed by atoms with E-state index in [9.17, 15) is 0 Å².